The zero-order valence-electron chi connectivity index (χ0n) is 19.7. The van der Waals surface area contributed by atoms with Crippen molar-refractivity contribution in [3.05, 3.63) is 24.3 Å². The number of fused-ring (bicyclic) bond motifs is 2. The lowest BCUT2D eigenvalue weighted by Gasteiger charge is -2.38. The molecule has 30 heavy (non-hydrogen) atoms. The van der Waals surface area contributed by atoms with Gasteiger partial charge in [-0.2, -0.15) is 0 Å². The Hall–Kier alpha value is -0.520. The Kier molecular flexibility index (Phi) is 7.39. The van der Waals surface area contributed by atoms with Crippen molar-refractivity contribution in [3.63, 3.8) is 0 Å². The molecule has 0 aromatic carbocycles. The van der Waals surface area contributed by atoms with Crippen LogP contribution in [0.4, 0.5) is 0 Å². The molecule has 0 N–H and O–H groups in total. The first-order valence-electron chi connectivity index (χ1n) is 14.2. The Morgan fingerprint density at radius 2 is 0.633 bits per heavy atom. The smallest absolute Gasteiger partial charge is 0.0231 e. The fourth-order valence-corrected chi connectivity index (χ4v) is 8.33. The fourth-order valence-electron chi connectivity index (χ4n) is 8.33. The molecule has 0 spiro atoms. The molecule has 168 valence electrons. The zero-order valence-corrected chi connectivity index (χ0v) is 19.7. The Morgan fingerprint density at radius 3 is 1.07 bits per heavy atom. The van der Waals surface area contributed by atoms with Gasteiger partial charge < -0.3 is 0 Å². The van der Waals surface area contributed by atoms with E-state index in [4.69, 9.17) is 0 Å². The fraction of sp³-hybridized carbons (Fsp3) is 0.867. The maximum atomic E-state index is 2.67. The largest absolute Gasteiger partial charge is 0.0851 e. The quantitative estimate of drug-likeness (QED) is 0.407. The highest BCUT2D eigenvalue weighted by molar-refractivity contribution is 5.01. The molecule has 5 aliphatic rings. The van der Waals surface area contributed by atoms with Gasteiger partial charge in [-0.3, -0.25) is 0 Å². The molecule has 0 aliphatic heterocycles. The van der Waals surface area contributed by atoms with Crippen LogP contribution in [0.3, 0.4) is 0 Å². The normalized spacial score (nSPS) is 45.3. The number of allylic oxidation sites excluding steroid dienone is 4. The van der Waals surface area contributed by atoms with Gasteiger partial charge in [0.2, 0.25) is 0 Å². The molecule has 0 aromatic rings. The molecule has 0 bridgehead atoms. The van der Waals surface area contributed by atoms with E-state index in [1.165, 1.54) is 103 Å². The molecule has 0 saturated heterocycles. The van der Waals surface area contributed by atoms with Gasteiger partial charge in [-0.25, -0.2) is 0 Å². The van der Waals surface area contributed by atoms with E-state index in [-0.39, 0.29) is 0 Å². The van der Waals surface area contributed by atoms with Gasteiger partial charge in [0.15, 0.2) is 0 Å². The molecule has 6 atom stereocenters. The molecule has 0 heteroatoms. The number of hydrogen-bond acceptors (Lipinski definition) is 0. The summed E-state index contributed by atoms with van der Waals surface area (Å²) in [6, 6.07) is 0. The topological polar surface area (TPSA) is 0 Å². The minimum atomic E-state index is 0.886. The SMILES string of the molecule is C(=C\C1CCC2CCCCC2C1)/C1CCC(/C=C/C2CCC3CCCCC3C2)CC1. The zero-order chi connectivity index (χ0) is 20.2. The molecule has 0 amide bonds. The van der Waals surface area contributed by atoms with Crippen LogP contribution >= 0.6 is 0 Å². The monoisotopic (exact) mass is 408 g/mol. The highest BCUT2D eigenvalue weighted by Gasteiger charge is 2.32. The van der Waals surface area contributed by atoms with Gasteiger partial charge in [-0.05, 0) is 112 Å². The molecular formula is C30H48. The lowest BCUT2D eigenvalue weighted by Crippen LogP contribution is -2.27. The molecule has 5 saturated carbocycles. The molecule has 5 rings (SSSR count). The maximum absolute atomic E-state index is 2.67. The van der Waals surface area contributed by atoms with Gasteiger partial charge in [-0.1, -0.05) is 75.7 Å². The lowest BCUT2D eigenvalue weighted by molar-refractivity contribution is 0.146. The summed E-state index contributed by atoms with van der Waals surface area (Å²) in [6.07, 6.45) is 37.7. The Morgan fingerprint density at radius 1 is 0.300 bits per heavy atom. The van der Waals surface area contributed by atoms with Crippen LogP contribution in [0, 0.1) is 47.3 Å². The summed E-state index contributed by atoms with van der Waals surface area (Å²) >= 11 is 0. The van der Waals surface area contributed by atoms with Gasteiger partial charge in [0.05, 0.1) is 0 Å². The van der Waals surface area contributed by atoms with Crippen molar-refractivity contribution in [2.45, 2.75) is 116 Å². The minimum absolute atomic E-state index is 0.886. The first kappa shape index (κ1) is 21.3. The first-order chi connectivity index (χ1) is 14.8. The van der Waals surface area contributed by atoms with E-state index in [2.05, 4.69) is 24.3 Å². The second-order valence-corrected chi connectivity index (χ2v) is 12.2. The standard InChI is InChI=1S/C30H48/c1-3-7-29-21-25(17-19-27(29)5-1)15-13-23-9-11-24(12-10-23)14-16-26-18-20-28-6-2-4-8-30(28)22-26/h13-16,23-30H,1-12,17-22H2/b15-13+,16-14+. The Labute approximate surface area is 187 Å². The molecule has 0 nitrogen and oxygen atoms in total. The van der Waals surface area contributed by atoms with Gasteiger partial charge >= 0.3 is 0 Å². The molecular weight excluding hydrogens is 360 g/mol. The molecule has 0 radical (unpaired) electrons. The van der Waals surface area contributed by atoms with Crippen molar-refractivity contribution in [1.82, 2.24) is 0 Å². The van der Waals surface area contributed by atoms with Crippen molar-refractivity contribution in [1.29, 1.82) is 0 Å². The van der Waals surface area contributed by atoms with Gasteiger partial charge in [0.1, 0.15) is 0 Å². The second kappa shape index (κ2) is 10.4. The predicted octanol–water partition coefficient (Wildman–Crippen LogP) is 9.12. The molecule has 6 unspecified atom stereocenters. The van der Waals surface area contributed by atoms with Gasteiger partial charge in [0, 0.05) is 0 Å². The maximum Gasteiger partial charge on any atom is -0.0231 e. The highest BCUT2D eigenvalue weighted by Crippen LogP contribution is 2.44. The summed E-state index contributed by atoms with van der Waals surface area (Å²) < 4.78 is 0. The van der Waals surface area contributed by atoms with Crippen LogP contribution in [0.2, 0.25) is 0 Å². The molecule has 0 aromatic heterocycles. The summed E-state index contributed by atoms with van der Waals surface area (Å²) in [5, 5.41) is 0. The van der Waals surface area contributed by atoms with E-state index in [0.29, 0.717) is 0 Å². The van der Waals surface area contributed by atoms with E-state index in [0.717, 1.165) is 47.3 Å². The third-order valence-electron chi connectivity index (χ3n) is 10.3. The van der Waals surface area contributed by atoms with Crippen LogP contribution in [-0.4, -0.2) is 0 Å². The van der Waals surface area contributed by atoms with Gasteiger partial charge in [-0.15, -0.1) is 0 Å². The summed E-state index contributed by atoms with van der Waals surface area (Å²) in [7, 11) is 0. The highest BCUT2D eigenvalue weighted by atomic mass is 14.4. The summed E-state index contributed by atoms with van der Waals surface area (Å²) in [6.45, 7) is 0. The van der Waals surface area contributed by atoms with Crippen LogP contribution in [0.1, 0.15) is 116 Å². The Balaban J connectivity index is 1.03. The first-order valence-corrected chi connectivity index (χ1v) is 14.2. The van der Waals surface area contributed by atoms with Crippen LogP contribution in [0.15, 0.2) is 24.3 Å². The van der Waals surface area contributed by atoms with Crippen LogP contribution in [-0.2, 0) is 0 Å². The Bertz CT molecular complexity index is 525. The lowest BCUT2D eigenvalue weighted by atomic mass is 9.67. The van der Waals surface area contributed by atoms with Crippen molar-refractivity contribution in [2.24, 2.45) is 47.3 Å². The van der Waals surface area contributed by atoms with E-state index >= 15 is 0 Å². The third-order valence-corrected chi connectivity index (χ3v) is 10.3. The van der Waals surface area contributed by atoms with Crippen molar-refractivity contribution < 1.29 is 0 Å². The average Bonchev–Trinajstić information content (AvgIpc) is 2.82. The number of rotatable bonds is 4. The average molecular weight is 409 g/mol. The summed E-state index contributed by atoms with van der Waals surface area (Å²) in [4.78, 5) is 0. The van der Waals surface area contributed by atoms with Crippen molar-refractivity contribution in [3.8, 4) is 0 Å². The van der Waals surface area contributed by atoms with E-state index in [1.807, 2.05) is 0 Å². The molecule has 0 heterocycles. The van der Waals surface area contributed by atoms with Crippen molar-refractivity contribution >= 4 is 0 Å². The van der Waals surface area contributed by atoms with E-state index in [1.54, 1.807) is 12.8 Å². The number of hydrogen-bond donors (Lipinski definition) is 0. The molecule has 5 aliphatic carbocycles. The molecule has 5 fully saturated rings. The summed E-state index contributed by atoms with van der Waals surface area (Å²) in [5.41, 5.74) is 0. The third kappa shape index (κ3) is 5.45. The van der Waals surface area contributed by atoms with Crippen LogP contribution in [0.5, 0.6) is 0 Å². The minimum Gasteiger partial charge on any atom is -0.0851 e. The van der Waals surface area contributed by atoms with Crippen molar-refractivity contribution in [2.75, 3.05) is 0 Å². The van der Waals surface area contributed by atoms with E-state index in [9.17, 15) is 0 Å². The van der Waals surface area contributed by atoms with Crippen LogP contribution < -0.4 is 0 Å². The second-order valence-electron chi connectivity index (χ2n) is 12.2. The van der Waals surface area contributed by atoms with Gasteiger partial charge in [0.25, 0.3) is 0 Å². The van der Waals surface area contributed by atoms with E-state index < -0.39 is 0 Å². The van der Waals surface area contributed by atoms with Crippen LogP contribution in [0.25, 0.3) is 0 Å². The summed E-state index contributed by atoms with van der Waals surface area (Å²) in [5.74, 6) is 7.94. The predicted molar refractivity (Wildman–Crippen MR) is 129 cm³/mol.